The van der Waals surface area contributed by atoms with Crippen LogP contribution >= 0.6 is 0 Å². The molecule has 0 amide bonds. The Morgan fingerprint density at radius 3 is 1.05 bits per heavy atom. The predicted octanol–water partition coefficient (Wildman–Crippen LogP) is 15.9. The number of para-hydroxylation sites is 5. The van der Waals surface area contributed by atoms with Crippen molar-refractivity contribution in [3.05, 3.63) is 224 Å². The van der Waals surface area contributed by atoms with E-state index in [-0.39, 0.29) is 0 Å². The molecule has 0 unspecified atom stereocenters. The summed E-state index contributed by atoms with van der Waals surface area (Å²) in [5, 5.41) is 4.26. The van der Waals surface area contributed by atoms with Crippen molar-refractivity contribution in [3.63, 3.8) is 0 Å². The number of benzene rings is 9. The van der Waals surface area contributed by atoms with Crippen LogP contribution in [0.2, 0.25) is 0 Å². The van der Waals surface area contributed by atoms with Crippen molar-refractivity contribution in [2.75, 3.05) is 14.7 Å². The summed E-state index contributed by atoms with van der Waals surface area (Å²) in [5.41, 5.74) is 12.8. The van der Waals surface area contributed by atoms with Gasteiger partial charge in [-0.1, -0.05) is 97.1 Å². The highest BCUT2D eigenvalue weighted by Crippen LogP contribution is 2.44. The Hall–Kier alpha value is -8.02. The predicted molar refractivity (Wildman–Crippen MR) is 245 cm³/mol. The first-order valence-electron chi connectivity index (χ1n) is 19.8. The molecule has 11 rings (SSSR count). The van der Waals surface area contributed by atoms with Gasteiger partial charge >= 0.3 is 0 Å². The summed E-state index contributed by atoms with van der Waals surface area (Å²) in [7, 11) is 0. The van der Waals surface area contributed by atoms with Crippen LogP contribution in [-0.4, -0.2) is 0 Å². The molecule has 59 heavy (non-hydrogen) atoms. The highest BCUT2D eigenvalue weighted by molar-refractivity contribution is 6.09. The molecule has 9 aromatic carbocycles. The highest BCUT2D eigenvalue weighted by Gasteiger charge is 2.21. The fourth-order valence-electron chi connectivity index (χ4n) is 8.31. The van der Waals surface area contributed by atoms with Gasteiger partial charge in [-0.2, -0.15) is 0 Å². The van der Waals surface area contributed by atoms with Crippen molar-refractivity contribution in [1.82, 2.24) is 0 Å². The molecule has 2 heterocycles. The van der Waals surface area contributed by atoms with Crippen molar-refractivity contribution in [2.24, 2.45) is 0 Å². The van der Waals surface area contributed by atoms with Gasteiger partial charge < -0.3 is 23.5 Å². The van der Waals surface area contributed by atoms with Crippen LogP contribution in [0.25, 0.3) is 43.9 Å². The molecule has 0 aliphatic carbocycles. The van der Waals surface area contributed by atoms with Crippen molar-refractivity contribution >= 4 is 95.1 Å². The summed E-state index contributed by atoms with van der Waals surface area (Å²) in [4.78, 5) is 6.89. The SMILES string of the molecule is c1ccc(N(c2ccccc2)c2cccc(N(c3ccc4c(c3)oc3ccc(N(c5ccccc5)c5ccccc5)cc34)c3ccc4oc5ccccc5c4c3)c2)cc1. The maximum Gasteiger partial charge on any atom is 0.137 e. The fourth-order valence-corrected chi connectivity index (χ4v) is 8.31. The van der Waals surface area contributed by atoms with Crippen molar-refractivity contribution in [1.29, 1.82) is 0 Å². The molecule has 0 N–H and O–H groups in total. The number of nitrogens with zero attached hydrogens (tertiary/aromatic N) is 3. The highest BCUT2D eigenvalue weighted by atomic mass is 16.3. The van der Waals surface area contributed by atoms with Crippen molar-refractivity contribution in [2.45, 2.75) is 0 Å². The lowest BCUT2D eigenvalue weighted by atomic mass is 10.1. The van der Waals surface area contributed by atoms with Gasteiger partial charge in [0.05, 0.1) is 0 Å². The second-order valence-corrected chi connectivity index (χ2v) is 14.6. The third kappa shape index (κ3) is 6.22. The molecule has 280 valence electrons. The number of hydrogen-bond donors (Lipinski definition) is 0. The molecule has 0 saturated carbocycles. The minimum atomic E-state index is 0.812. The quantitative estimate of drug-likeness (QED) is 0.146. The van der Waals surface area contributed by atoms with Gasteiger partial charge in [-0.3, -0.25) is 0 Å². The Labute approximate surface area is 341 Å². The molecule has 2 aromatic heterocycles. The zero-order chi connectivity index (χ0) is 39.1. The fraction of sp³-hybridized carbons (Fsp3) is 0. The van der Waals surface area contributed by atoms with Gasteiger partial charge in [0.15, 0.2) is 0 Å². The molecule has 0 fully saturated rings. The molecule has 0 atom stereocenters. The Kier molecular flexibility index (Phi) is 8.41. The third-order valence-corrected chi connectivity index (χ3v) is 11.0. The molecular weight excluding hydrogens is 723 g/mol. The Morgan fingerprint density at radius 1 is 0.203 bits per heavy atom. The molecule has 5 heteroatoms. The summed E-state index contributed by atoms with van der Waals surface area (Å²) in [6.45, 7) is 0. The molecule has 0 aliphatic heterocycles. The van der Waals surface area contributed by atoms with Crippen LogP contribution in [0, 0.1) is 0 Å². The van der Waals surface area contributed by atoms with Crippen LogP contribution in [0.5, 0.6) is 0 Å². The van der Waals surface area contributed by atoms with E-state index in [1.807, 2.05) is 12.1 Å². The number of furan rings is 2. The van der Waals surface area contributed by atoms with E-state index in [9.17, 15) is 0 Å². The standard InChI is InChI=1S/C54H37N3O2/c1-5-16-38(17-6-1)55(39-18-7-2-8-19-39)42-24-15-25-43(34-42)57(45-30-32-52-49(36-45)47-26-13-14-27-51(47)58-52)46-28-31-48-50-35-44(29-33-53(50)59-54(48)37-46)56(40-20-9-3-10-21-40)41-22-11-4-12-23-41/h1-37H. The first-order chi connectivity index (χ1) is 29.2. The smallest absolute Gasteiger partial charge is 0.137 e. The average Bonchev–Trinajstić information content (AvgIpc) is 3.86. The lowest BCUT2D eigenvalue weighted by Crippen LogP contribution is -2.13. The first kappa shape index (κ1) is 34.2. The normalized spacial score (nSPS) is 11.4. The first-order valence-corrected chi connectivity index (χ1v) is 19.8. The number of fused-ring (bicyclic) bond motifs is 6. The zero-order valence-electron chi connectivity index (χ0n) is 32.0. The minimum absolute atomic E-state index is 0.812. The van der Waals surface area contributed by atoms with Gasteiger partial charge in [-0.05, 0) is 121 Å². The van der Waals surface area contributed by atoms with Crippen LogP contribution in [0.15, 0.2) is 233 Å². The van der Waals surface area contributed by atoms with E-state index in [4.69, 9.17) is 8.83 Å². The molecule has 5 nitrogen and oxygen atoms in total. The maximum absolute atomic E-state index is 6.69. The van der Waals surface area contributed by atoms with Crippen molar-refractivity contribution < 1.29 is 8.83 Å². The van der Waals surface area contributed by atoms with Gasteiger partial charge in [0.2, 0.25) is 0 Å². The van der Waals surface area contributed by atoms with Crippen LogP contribution in [0.4, 0.5) is 51.2 Å². The van der Waals surface area contributed by atoms with Crippen LogP contribution in [0.1, 0.15) is 0 Å². The summed E-state index contributed by atoms with van der Waals surface area (Å²) >= 11 is 0. The number of hydrogen-bond acceptors (Lipinski definition) is 5. The van der Waals surface area contributed by atoms with E-state index >= 15 is 0 Å². The van der Waals surface area contributed by atoms with E-state index < -0.39 is 0 Å². The largest absolute Gasteiger partial charge is 0.456 e. The lowest BCUT2D eigenvalue weighted by Gasteiger charge is -2.29. The average molecular weight is 760 g/mol. The molecule has 0 aliphatic rings. The summed E-state index contributed by atoms with van der Waals surface area (Å²) in [5.74, 6) is 0. The number of rotatable bonds is 9. The van der Waals surface area contributed by atoms with E-state index in [1.165, 1.54) is 0 Å². The molecule has 0 saturated heterocycles. The van der Waals surface area contributed by atoms with Gasteiger partial charge in [0.1, 0.15) is 22.3 Å². The Bertz CT molecular complexity index is 3150. The van der Waals surface area contributed by atoms with Gasteiger partial charge in [-0.15, -0.1) is 0 Å². The van der Waals surface area contributed by atoms with E-state index in [1.54, 1.807) is 0 Å². The second-order valence-electron chi connectivity index (χ2n) is 14.6. The molecule has 0 bridgehead atoms. The van der Waals surface area contributed by atoms with E-state index in [2.05, 4.69) is 227 Å². The summed E-state index contributed by atoms with van der Waals surface area (Å²) < 4.78 is 13.0. The topological polar surface area (TPSA) is 36.0 Å². The molecule has 11 aromatic rings. The minimum Gasteiger partial charge on any atom is -0.456 e. The van der Waals surface area contributed by atoms with E-state index in [0.29, 0.717) is 0 Å². The van der Waals surface area contributed by atoms with Crippen LogP contribution in [0.3, 0.4) is 0 Å². The Balaban J connectivity index is 1.07. The second kappa shape index (κ2) is 14.5. The summed E-state index contributed by atoms with van der Waals surface area (Å²) in [6, 6.07) is 78.4. The van der Waals surface area contributed by atoms with E-state index in [0.717, 1.165) is 95.1 Å². The van der Waals surface area contributed by atoms with Gasteiger partial charge in [0, 0.05) is 78.8 Å². The molecule has 0 spiro atoms. The molecular formula is C54H37N3O2. The van der Waals surface area contributed by atoms with Crippen LogP contribution in [-0.2, 0) is 0 Å². The zero-order valence-corrected chi connectivity index (χ0v) is 32.0. The van der Waals surface area contributed by atoms with Crippen molar-refractivity contribution in [3.8, 4) is 0 Å². The van der Waals surface area contributed by atoms with Gasteiger partial charge in [0.25, 0.3) is 0 Å². The van der Waals surface area contributed by atoms with Crippen LogP contribution < -0.4 is 14.7 Å². The molecule has 0 radical (unpaired) electrons. The monoisotopic (exact) mass is 759 g/mol. The summed E-state index contributed by atoms with van der Waals surface area (Å²) in [6.07, 6.45) is 0. The van der Waals surface area contributed by atoms with Gasteiger partial charge in [-0.25, -0.2) is 0 Å². The Morgan fingerprint density at radius 2 is 0.542 bits per heavy atom. The lowest BCUT2D eigenvalue weighted by molar-refractivity contribution is 0.668. The number of anilines is 9. The maximum atomic E-state index is 6.69. The third-order valence-electron chi connectivity index (χ3n) is 11.0.